The van der Waals surface area contributed by atoms with Gasteiger partial charge in [-0.25, -0.2) is 9.18 Å². The molecule has 1 N–H and O–H groups in total. The third kappa shape index (κ3) is 4.65. The van der Waals surface area contributed by atoms with Gasteiger partial charge in [-0.2, -0.15) is 0 Å². The van der Waals surface area contributed by atoms with Crippen molar-refractivity contribution < 1.29 is 19.0 Å². The molecule has 2 aromatic carbocycles. The predicted octanol–water partition coefficient (Wildman–Crippen LogP) is 4.35. The van der Waals surface area contributed by atoms with Crippen molar-refractivity contribution in [3.8, 4) is 5.75 Å². The molecular formula is C15H12ClFO3S. The number of ether oxygens (including phenoxy) is 1. The monoisotopic (exact) mass is 326 g/mol. The molecule has 0 aliphatic carbocycles. The molecule has 0 spiro atoms. The van der Waals surface area contributed by atoms with Gasteiger partial charge < -0.3 is 9.84 Å². The topological polar surface area (TPSA) is 46.5 Å². The molecule has 6 heteroatoms. The molecule has 0 atom stereocenters. The molecule has 0 aromatic heterocycles. The summed E-state index contributed by atoms with van der Waals surface area (Å²) >= 11 is 7.18. The Morgan fingerprint density at radius 1 is 1.29 bits per heavy atom. The Kier molecular flexibility index (Phi) is 5.47. The van der Waals surface area contributed by atoms with E-state index in [1.165, 1.54) is 30.0 Å². The van der Waals surface area contributed by atoms with E-state index in [1.807, 2.05) is 0 Å². The van der Waals surface area contributed by atoms with Crippen LogP contribution in [-0.4, -0.2) is 23.4 Å². The molecule has 2 rings (SSSR count). The molecule has 0 bridgehead atoms. The van der Waals surface area contributed by atoms with E-state index in [0.29, 0.717) is 18.1 Å². The Morgan fingerprint density at radius 3 is 2.81 bits per heavy atom. The van der Waals surface area contributed by atoms with Crippen LogP contribution in [0.25, 0.3) is 0 Å². The smallest absolute Gasteiger partial charge is 0.335 e. The summed E-state index contributed by atoms with van der Waals surface area (Å²) in [5.41, 5.74) is 0.186. The number of carboxylic acids is 1. The molecule has 3 nitrogen and oxygen atoms in total. The largest absolute Gasteiger partial charge is 0.493 e. The second-order valence-corrected chi connectivity index (χ2v) is 5.68. The Morgan fingerprint density at radius 2 is 2.10 bits per heavy atom. The van der Waals surface area contributed by atoms with Crippen molar-refractivity contribution in [1.82, 2.24) is 0 Å². The number of halogens is 2. The highest BCUT2D eigenvalue weighted by atomic mass is 35.5. The maximum Gasteiger partial charge on any atom is 0.335 e. The molecule has 110 valence electrons. The lowest BCUT2D eigenvalue weighted by molar-refractivity contribution is 0.0696. The zero-order valence-electron chi connectivity index (χ0n) is 10.9. The standard InChI is InChI=1S/C15H12ClFO3S/c16-13-9-12(4-5-14(13)17)21-7-6-20-11-3-1-2-10(8-11)15(18)19/h1-5,8-9H,6-7H2,(H,18,19). The lowest BCUT2D eigenvalue weighted by Gasteiger charge is -2.07. The fraction of sp³-hybridized carbons (Fsp3) is 0.133. The van der Waals surface area contributed by atoms with Crippen LogP contribution >= 0.6 is 23.4 Å². The van der Waals surface area contributed by atoms with Crippen LogP contribution in [-0.2, 0) is 0 Å². The SMILES string of the molecule is O=C(O)c1cccc(OCCSc2ccc(F)c(Cl)c2)c1. The van der Waals surface area contributed by atoms with Crippen LogP contribution in [0.1, 0.15) is 10.4 Å². The van der Waals surface area contributed by atoms with Gasteiger partial charge in [0.05, 0.1) is 17.2 Å². The van der Waals surface area contributed by atoms with Crippen LogP contribution in [0.2, 0.25) is 5.02 Å². The van der Waals surface area contributed by atoms with Crippen molar-refractivity contribution in [1.29, 1.82) is 0 Å². The van der Waals surface area contributed by atoms with Crippen LogP contribution in [0, 0.1) is 5.82 Å². The zero-order valence-corrected chi connectivity index (χ0v) is 12.5. The molecule has 0 radical (unpaired) electrons. The summed E-state index contributed by atoms with van der Waals surface area (Å²) < 4.78 is 18.5. The van der Waals surface area contributed by atoms with E-state index < -0.39 is 11.8 Å². The fourth-order valence-electron chi connectivity index (χ4n) is 1.60. The third-order valence-electron chi connectivity index (χ3n) is 2.59. The second kappa shape index (κ2) is 7.33. The van der Waals surface area contributed by atoms with E-state index in [1.54, 1.807) is 24.3 Å². The van der Waals surface area contributed by atoms with E-state index in [4.69, 9.17) is 21.4 Å². The van der Waals surface area contributed by atoms with E-state index in [-0.39, 0.29) is 10.6 Å². The highest BCUT2D eigenvalue weighted by Crippen LogP contribution is 2.24. The van der Waals surface area contributed by atoms with Crippen molar-refractivity contribution in [3.05, 3.63) is 58.9 Å². The molecule has 0 saturated heterocycles. The van der Waals surface area contributed by atoms with Crippen molar-refractivity contribution in [2.75, 3.05) is 12.4 Å². The first-order chi connectivity index (χ1) is 10.1. The summed E-state index contributed by atoms with van der Waals surface area (Å²) in [6, 6.07) is 10.8. The van der Waals surface area contributed by atoms with Crippen LogP contribution in [0.3, 0.4) is 0 Å². The summed E-state index contributed by atoms with van der Waals surface area (Å²) in [5, 5.41) is 8.97. The normalized spacial score (nSPS) is 10.4. The van der Waals surface area contributed by atoms with Crippen molar-refractivity contribution in [3.63, 3.8) is 0 Å². The average molecular weight is 327 g/mol. The van der Waals surface area contributed by atoms with Gasteiger partial charge >= 0.3 is 5.97 Å². The highest BCUT2D eigenvalue weighted by molar-refractivity contribution is 7.99. The number of hydrogen-bond acceptors (Lipinski definition) is 3. The Bertz CT molecular complexity index is 649. The van der Waals surface area contributed by atoms with E-state index in [9.17, 15) is 9.18 Å². The number of carboxylic acid groups (broad SMARTS) is 1. The molecule has 21 heavy (non-hydrogen) atoms. The fourth-order valence-corrected chi connectivity index (χ4v) is 2.62. The molecule has 0 unspecified atom stereocenters. The lowest BCUT2D eigenvalue weighted by atomic mass is 10.2. The van der Waals surface area contributed by atoms with Gasteiger partial charge in [-0.3, -0.25) is 0 Å². The van der Waals surface area contributed by atoms with Gasteiger partial charge in [0, 0.05) is 10.6 Å². The quantitative estimate of drug-likeness (QED) is 0.633. The Hall–Kier alpha value is -1.72. The molecule has 2 aromatic rings. The minimum absolute atomic E-state index is 0.0927. The average Bonchev–Trinajstić information content (AvgIpc) is 2.47. The molecule has 0 amide bonds. The van der Waals surface area contributed by atoms with Gasteiger partial charge in [0.1, 0.15) is 11.6 Å². The third-order valence-corrected chi connectivity index (χ3v) is 3.84. The highest BCUT2D eigenvalue weighted by Gasteiger charge is 2.04. The number of rotatable bonds is 6. The number of thioether (sulfide) groups is 1. The summed E-state index contributed by atoms with van der Waals surface area (Å²) in [6.45, 7) is 0.405. The van der Waals surface area contributed by atoms with E-state index in [0.717, 1.165) is 4.90 Å². The first kappa shape index (κ1) is 15.7. The maximum atomic E-state index is 13.0. The van der Waals surface area contributed by atoms with Crippen molar-refractivity contribution in [2.24, 2.45) is 0 Å². The van der Waals surface area contributed by atoms with Gasteiger partial charge in [0.25, 0.3) is 0 Å². The van der Waals surface area contributed by atoms with Gasteiger partial charge in [0.15, 0.2) is 0 Å². The minimum Gasteiger partial charge on any atom is -0.493 e. The van der Waals surface area contributed by atoms with Crippen LogP contribution in [0.4, 0.5) is 4.39 Å². The molecule has 0 aliphatic rings. The minimum atomic E-state index is -0.990. The summed E-state index contributed by atoms with van der Waals surface area (Å²) in [7, 11) is 0. The van der Waals surface area contributed by atoms with Crippen LogP contribution in [0.5, 0.6) is 5.75 Å². The molecule has 0 heterocycles. The zero-order chi connectivity index (χ0) is 15.2. The van der Waals surface area contributed by atoms with Crippen molar-refractivity contribution in [2.45, 2.75) is 4.90 Å². The molecule has 0 saturated carbocycles. The van der Waals surface area contributed by atoms with Gasteiger partial charge in [-0.15, -0.1) is 11.8 Å². The van der Waals surface area contributed by atoms with Gasteiger partial charge in [-0.1, -0.05) is 17.7 Å². The summed E-state index contributed by atoms with van der Waals surface area (Å²) in [4.78, 5) is 11.7. The Balaban J connectivity index is 1.83. The van der Waals surface area contributed by atoms with E-state index >= 15 is 0 Å². The first-order valence-corrected chi connectivity index (χ1v) is 7.46. The maximum absolute atomic E-state index is 13.0. The van der Waals surface area contributed by atoms with Gasteiger partial charge in [0.2, 0.25) is 0 Å². The molecule has 0 fully saturated rings. The second-order valence-electron chi connectivity index (χ2n) is 4.11. The predicted molar refractivity (Wildman–Crippen MR) is 81.0 cm³/mol. The first-order valence-electron chi connectivity index (χ1n) is 6.10. The number of aromatic carboxylic acids is 1. The van der Waals surface area contributed by atoms with Gasteiger partial charge in [-0.05, 0) is 36.4 Å². The number of benzene rings is 2. The number of hydrogen-bond donors (Lipinski definition) is 1. The van der Waals surface area contributed by atoms with Crippen LogP contribution in [0.15, 0.2) is 47.4 Å². The summed E-state index contributed by atoms with van der Waals surface area (Å²) in [5.74, 6) is -0.287. The summed E-state index contributed by atoms with van der Waals surface area (Å²) in [6.07, 6.45) is 0. The number of carbonyl (C=O) groups is 1. The molecule has 0 aliphatic heterocycles. The van der Waals surface area contributed by atoms with Crippen LogP contribution < -0.4 is 4.74 Å². The van der Waals surface area contributed by atoms with E-state index in [2.05, 4.69) is 0 Å². The lowest BCUT2D eigenvalue weighted by Crippen LogP contribution is -2.02. The van der Waals surface area contributed by atoms with Crippen molar-refractivity contribution >= 4 is 29.3 Å². The molecular weight excluding hydrogens is 315 g/mol. The Labute approximate surface area is 130 Å².